The zero-order valence-electron chi connectivity index (χ0n) is 15.5. The Morgan fingerprint density at radius 2 is 2.11 bits per heavy atom. The van der Waals surface area contributed by atoms with Gasteiger partial charge in [-0.25, -0.2) is 4.39 Å². The smallest absolute Gasteiger partial charge is 0.253 e. The van der Waals surface area contributed by atoms with Crippen LogP contribution in [0.15, 0.2) is 42.9 Å². The Morgan fingerprint density at radius 1 is 1.25 bits per heavy atom. The Kier molecular flexibility index (Phi) is 4.60. The first-order valence-corrected chi connectivity index (χ1v) is 8.92. The number of nitrogens with one attached hydrogen (secondary N) is 2. The van der Waals surface area contributed by atoms with Gasteiger partial charge in [0.1, 0.15) is 12.1 Å². The summed E-state index contributed by atoms with van der Waals surface area (Å²) in [6.45, 7) is 4.33. The molecule has 0 atom stereocenters. The highest BCUT2D eigenvalue weighted by atomic mass is 19.1. The van der Waals surface area contributed by atoms with Crippen molar-refractivity contribution in [1.29, 1.82) is 0 Å². The van der Waals surface area contributed by atoms with Gasteiger partial charge >= 0.3 is 0 Å². The fourth-order valence-corrected chi connectivity index (χ4v) is 3.31. The molecule has 0 saturated heterocycles. The molecule has 0 aliphatic heterocycles. The van der Waals surface area contributed by atoms with Gasteiger partial charge in [0.15, 0.2) is 0 Å². The molecule has 2 aromatic carbocycles. The predicted octanol–water partition coefficient (Wildman–Crippen LogP) is 2.87. The van der Waals surface area contributed by atoms with Crippen LogP contribution in [0, 0.1) is 19.7 Å². The van der Waals surface area contributed by atoms with Crippen LogP contribution < -0.4 is 5.32 Å². The van der Waals surface area contributed by atoms with E-state index in [0.717, 1.165) is 27.6 Å². The second-order valence-electron chi connectivity index (χ2n) is 6.67. The standard InChI is InChI=1S/C20H19FN6O/c1-12-3-5-16(19(13(12)2)27-11-24-25-26-27)20(28)22-8-7-14-10-23-18-6-4-15(21)9-17(14)18/h3-6,9-11,23H,7-8H2,1-2H3,(H,22,28). The second kappa shape index (κ2) is 7.22. The third-order valence-electron chi connectivity index (χ3n) is 4.93. The predicted molar refractivity (Wildman–Crippen MR) is 103 cm³/mol. The number of carbonyl (C=O) groups is 1. The minimum absolute atomic E-state index is 0.209. The van der Waals surface area contributed by atoms with Crippen LogP contribution in [0.1, 0.15) is 27.0 Å². The molecule has 4 aromatic rings. The number of halogens is 1. The summed E-state index contributed by atoms with van der Waals surface area (Å²) in [4.78, 5) is 15.9. The molecular formula is C20H19FN6O. The van der Waals surface area contributed by atoms with E-state index in [-0.39, 0.29) is 11.7 Å². The number of aryl methyl sites for hydroxylation is 1. The zero-order chi connectivity index (χ0) is 19.7. The first-order chi connectivity index (χ1) is 13.5. The van der Waals surface area contributed by atoms with Gasteiger partial charge in [0.2, 0.25) is 0 Å². The molecule has 0 aliphatic carbocycles. The van der Waals surface area contributed by atoms with Crippen molar-refractivity contribution in [2.24, 2.45) is 0 Å². The molecule has 0 radical (unpaired) electrons. The maximum absolute atomic E-state index is 13.5. The van der Waals surface area contributed by atoms with Crippen molar-refractivity contribution in [3.63, 3.8) is 0 Å². The summed E-state index contributed by atoms with van der Waals surface area (Å²) in [6, 6.07) is 8.31. The van der Waals surface area contributed by atoms with Crippen LogP contribution in [-0.2, 0) is 6.42 Å². The lowest BCUT2D eigenvalue weighted by molar-refractivity contribution is 0.0954. The molecule has 28 heavy (non-hydrogen) atoms. The Bertz CT molecular complexity index is 1150. The molecule has 2 heterocycles. The number of aromatic nitrogens is 5. The average molecular weight is 378 g/mol. The molecule has 0 fully saturated rings. The van der Waals surface area contributed by atoms with Crippen LogP contribution in [0.3, 0.4) is 0 Å². The van der Waals surface area contributed by atoms with Crippen molar-refractivity contribution in [2.75, 3.05) is 6.54 Å². The monoisotopic (exact) mass is 378 g/mol. The maximum Gasteiger partial charge on any atom is 0.253 e. The van der Waals surface area contributed by atoms with E-state index in [1.807, 2.05) is 26.1 Å². The van der Waals surface area contributed by atoms with Crippen LogP contribution in [0.2, 0.25) is 0 Å². The van der Waals surface area contributed by atoms with Gasteiger partial charge in [0.05, 0.1) is 11.3 Å². The molecule has 1 amide bonds. The summed E-state index contributed by atoms with van der Waals surface area (Å²) < 4.78 is 15.0. The Hall–Kier alpha value is -3.55. The van der Waals surface area contributed by atoms with Crippen LogP contribution >= 0.6 is 0 Å². The zero-order valence-corrected chi connectivity index (χ0v) is 15.5. The molecule has 2 aromatic heterocycles. The lowest BCUT2D eigenvalue weighted by Gasteiger charge is -2.14. The van der Waals surface area contributed by atoms with Gasteiger partial charge in [-0.1, -0.05) is 6.07 Å². The average Bonchev–Trinajstić information content (AvgIpc) is 3.34. The van der Waals surface area contributed by atoms with Gasteiger partial charge in [-0.15, -0.1) is 5.10 Å². The third-order valence-corrected chi connectivity index (χ3v) is 4.93. The van der Waals surface area contributed by atoms with Gasteiger partial charge in [-0.3, -0.25) is 4.79 Å². The number of hydrogen-bond donors (Lipinski definition) is 2. The largest absolute Gasteiger partial charge is 0.361 e. The van der Waals surface area contributed by atoms with Gasteiger partial charge < -0.3 is 10.3 Å². The van der Waals surface area contributed by atoms with Gasteiger partial charge in [0, 0.05) is 23.6 Å². The van der Waals surface area contributed by atoms with E-state index in [4.69, 9.17) is 0 Å². The first kappa shape index (κ1) is 17.8. The molecule has 0 unspecified atom stereocenters. The number of amides is 1. The summed E-state index contributed by atoms with van der Waals surface area (Å²) in [5.41, 5.74) is 4.97. The lowest BCUT2D eigenvalue weighted by atomic mass is 10.0. The molecule has 8 heteroatoms. The van der Waals surface area contributed by atoms with E-state index in [1.165, 1.54) is 23.1 Å². The summed E-state index contributed by atoms with van der Waals surface area (Å²) >= 11 is 0. The number of rotatable bonds is 5. The lowest BCUT2D eigenvalue weighted by Crippen LogP contribution is -2.27. The molecule has 2 N–H and O–H groups in total. The van der Waals surface area contributed by atoms with Crippen LogP contribution in [0.25, 0.3) is 16.6 Å². The number of hydrogen-bond acceptors (Lipinski definition) is 4. The summed E-state index contributed by atoms with van der Waals surface area (Å²) in [6.07, 6.45) is 3.90. The molecule has 0 saturated carbocycles. The Morgan fingerprint density at radius 3 is 2.89 bits per heavy atom. The fourth-order valence-electron chi connectivity index (χ4n) is 3.31. The minimum atomic E-state index is -0.279. The topological polar surface area (TPSA) is 88.5 Å². The summed E-state index contributed by atoms with van der Waals surface area (Å²) in [7, 11) is 0. The van der Waals surface area contributed by atoms with E-state index >= 15 is 0 Å². The SMILES string of the molecule is Cc1ccc(C(=O)NCCc2c[nH]c3ccc(F)cc23)c(-n2cnnn2)c1C. The highest BCUT2D eigenvalue weighted by Gasteiger charge is 2.17. The van der Waals surface area contributed by atoms with Crippen LogP contribution in [0.4, 0.5) is 4.39 Å². The van der Waals surface area contributed by atoms with Gasteiger partial charge in [-0.05, 0) is 71.7 Å². The number of fused-ring (bicyclic) bond motifs is 1. The normalized spacial score (nSPS) is 11.1. The van der Waals surface area contributed by atoms with E-state index < -0.39 is 0 Å². The molecule has 0 aliphatic rings. The van der Waals surface area contributed by atoms with Crippen LogP contribution in [-0.4, -0.2) is 37.6 Å². The minimum Gasteiger partial charge on any atom is -0.361 e. The van der Waals surface area contributed by atoms with Crippen molar-refractivity contribution in [2.45, 2.75) is 20.3 Å². The number of carbonyl (C=O) groups excluding carboxylic acids is 1. The number of tetrazole rings is 1. The van der Waals surface area contributed by atoms with E-state index in [2.05, 4.69) is 25.8 Å². The van der Waals surface area contributed by atoms with Gasteiger partial charge in [0.25, 0.3) is 5.91 Å². The molecule has 0 bridgehead atoms. The van der Waals surface area contributed by atoms with Crippen molar-refractivity contribution in [3.8, 4) is 5.69 Å². The van der Waals surface area contributed by atoms with Crippen molar-refractivity contribution < 1.29 is 9.18 Å². The van der Waals surface area contributed by atoms with Crippen LogP contribution in [0.5, 0.6) is 0 Å². The quantitative estimate of drug-likeness (QED) is 0.559. The molecular weight excluding hydrogens is 359 g/mol. The molecule has 0 spiro atoms. The number of benzene rings is 2. The van der Waals surface area contributed by atoms with Crippen molar-refractivity contribution in [1.82, 2.24) is 30.5 Å². The van der Waals surface area contributed by atoms with E-state index in [1.54, 1.807) is 12.1 Å². The summed E-state index contributed by atoms with van der Waals surface area (Å²) in [5, 5.41) is 15.0. The maximum atomic E-state index is 13.5. The molecule has 7 nitrogen and oxygen atoms in total. The fraction of sp³-hybridized carbons (Fsp3) is 0.200. The number of aromatic amines is 1. The summed E-state index contributed by atoms with van der Waals surface area (Å²) in [5.74, 6) is -0.488. The van der Waals surface area contributed by atoms with Crippen molar-refractivity contribution in [3.05, 3.63) is 70.9 Å². The highest BCUT2D eigenvalue weighted by Crippen LogP contribution is 2.22. The Balaban J connectivity index is 1.53. The third kappa shape index (κ3) is 3.24. The van der Waals surface area contributed by atoms with Crippen molar-refractivity contribution >= 4 is 16.8 Å². The van der Waals surface area contributed by atoms with E-state index in [9.17, 15) is 9.18 Å². The molecule has 142 valence electrons. The van der Waals surface area contributed by atoms with E-state index in [0.29, 0.717) is 24.2 Å². The first-order valence-electron chi connectivity index (χ1n) is 8.92. The Labute approximate surface area is 160 Å². The number of H-pyrrole nitrogens is 1. The highest BCUT2D eigenvalue weighted by molar-refractivity contribution is 5.98. The van der Waals surface area contributed by atoms with Gasteiger partial charge in [-0.2, -0.15) is 4.68 Å². The number of nitrogens with zero attached hydrogens (tertiary/aromatic N) is 4. The second-order valence-corrected chi connectivity index (χ2v) is 6.67. The molecule has 4 rings (SSSR count).